The highest BCUT2D eigenvalue weighted by Crippen LogP contribution is 2.65. The lowest BCUT2D eigenvalue weighted by Crippen LogP contribution is -2.76. The first-order chi connectivity index (χ1) is 16.9. The summed E-state index contributed by atoms with van der Waals surface area (Å²) in [6, 6.07) is 12.6. The zero-order chi connectivity index (χ0) is 24.1. The summed E-state index contributed by atoms with van der Waals surface area (Å²) in [6.45, 7) is 0.724. The standard InChI is InChI=1S/C26H24N4O5/c1-28-13-12-25-20-15-8-9-18(34-2)21(20)35-22(25)17(31)10-11-26(25,19(28)14-15)30-24(33)29(23(32)27-30)16-6-4-3-5-7-16/h3-11,19,22H,12-14H2,1-2H3,(H,27,32)/t19?,22-,25?,26?/m0/s1. The highest BCUT2D eigenvalue weighted by atomic mass is 16.5. The van der Waals surface area contributed by atoms with Crippen molar-refractivity contribution in [2.24, 2.45) is 0 Å². The van der Waals surface area contributed by atoms with E-state index in [0.29, 0.717) is 30.0 Å². The molecule has 35 heavy (non-hydrogen) atoms. The molecule has 1 N–H and O–H groups in total. The van der Waals surface area contributed by atoms with Gasteiger partial charge < -0.3 is 14.4 Å². The summed E-state index contributed by atoms with van der Waals surface area (Å²) in [7, 11) is 3.61. The smallest absolute Gasteiger partial charge is 0.352 e. The molecule has 3 unspecified atom stereocenters. The van der Waals surface area contributed by atoms with Crippen molar-refractivity contribution in [1.82, 2.24) is 19.2 Å². The molecule has 4 aliphatic rings. The van der Waals surface area contributed by atoms with Crippen LogP contribution in [-0.4, -0.2) is 57.9 Å². The number of piperidine rings is 1. The maximum atomic E-state index is 14.0. The summed E-state index contributed by atoms with van der Waals surface area (Å²) in [5.74, 6) is 0.986. The Balaban J connectivity index is 1.60. The first-order valence-electron chi connectivity index (χ1n) is 11.7. The average molecular weight is 473 g/mol. The van der Waals surface area contributed by atoms with E-state index < -0.39 is 28.4 Å². The van der Waals surface area contributed by atoms with Crippen LogP contribution in [0, 0.1) is 0 Å². The molecule has 9 nitrogen and oxygen atoms in total. The van der Waals surface area contributed by atoms with Crippen molar-refractivity contribution >= 4 is 5.78 Å². The Hall–Kier alpha value is -3.85. The van der Waals surface area contributed by atoms with Gasteiger partial charge in [0.25, 0.3) is 0 Å². The minimum absolute atomic E-state index is 0.145. The van der Waals surface area contributed by atoms with E-state index in [9.17, 15) is 14.4 Å². The van der Waals surface area contributed by atoms with Crippen molar-refractivity contribution in [3.63, 3.8) is 0 Å². The number of aromatic amines is 1. The fourth-order valence-electron chi connectivity index (χ4n) is 7.14. The molecule has 178 valence electrons. The molecule has 0 saturated carbocycles. The molecule has 2 aliphatic heterocycles. The molecule has 0 amide bonds. The number of rotatable bonds is 3. The van der Waals surface area contributed by atoms with Crippen LogP contribution in [0.5, 0.6) is 11.5 Å². The van der Waals surface area contributed by atoms with Crippen LogP contribution in [0.2, 0.25) is 0 Å². The van der Waals surface area contributed by atoms with E-state index in [1.807, 2.05) is 31.3 Å². The maximum Gasteiger partial charge on any atom is 0.352 e. The summed E-state index contributed by atoms with van der Waals surface area (Å²) >= 11 is 0. The summed E-state index contributed by atoms with van der Waals surface area (Å²) in [5.41, 5.74) is -0.398. The lowest BCUT2D eigenvalue weighted by molar-refractivity contribution is -0.133. The van der Waals surface area contributed by atoms with Gasteiger partial charge in [-0.05, 0) is 56.3 Å². The van der Waals surface area contributed by atoms with Gasteiger partial charge in [0.1, 0.15) is 5.54 Å². The molecular weight excluding hydrogens is 448 g/mol. The van der Waals surface area contributed by atoms with Crippen LogP contribution in [0.4, 0.5) is 0 Å². The lowest BCUT2D eigenvalue weighted by Gasteiger charge is -2.62. The lowest BCUT2D eigenvalue weighted by atomic mass is 9.49. The van der Waals surface area contributed by atoms with Gasteiger partial charge in [0.15, 0.2) is 23.4 Å². The fraction of sp³-hybridized carbons (Fsp3) is 0.346. The van der Waals surface area contributed by atoms with Crippen LogP contribution in [0.1, 0.15) is 17.5 Å². The Morgan fingerprint density at radius 2 is 1.91 bits per heavy atom. The van der Waals surface area contributed by atoms with Crippen LogP contribution < -0.4 is 20.9 Å². The number of nitrogens with zero attached hydrogens (tertiary/aromatic N) is 3. The Morgan fingerprint density at radius 3 is 2.69 bits per heavy atom. The van der Waals surface area contributed by atoms with Gasteiger partial charge in [0, 0.05) is 11.6 Å². The highest BCUT2D eigenvalue weighted by molar-refractivity contribution is 5.99. The van der Waals surface area contributed by atoms with Crippen LogP contribution in [-0.2, 0) is 22.2 Å². The molecule has 1 saturated heterocycles. The number of likely N-dealkylation sites (N-methyl/N-ethyl adjacent to an activating group) is 1. The highest BCUT2D eigenvalue weighted by Gasteiger charge is 2.73. The van der Waals surface area contributed by atoms with Gasteiger partial charge >= 0.3 is 11.4 Å². The number of ketones is 1. The Bertz CT molecular complexity index is 1550. The van der Waals surface area contributed by atoms with Gasteiger partial charge in [-0.3, -0.25) is 4.79 Å². The molecule has 2 aromatic carbocycles. The molecule has 2 aliphatic carbocycles. The van der Waals surface area contributed by atoms with Gasteiger partial charge in [-0.15, -0.1) is 0 Å². The molecule has 3 heterocycles. The second kappa shape index (κ2) is 6.63. The normalized spacial score (nSPS) is 30.2. The number of H-pyrrole nitrogens is 1. The van der Waals surface area contributed by atoms with Crippen molar-refractivity contribution in [3.8, 4) is 17.2 Å². The summed E-state index contributed by atoms with van der Waals surface area (Å²) < 4.78 is 14.6. The quantitative estimate of drug-likeness (QED) is 0.614. The van der Waals surface area contributed by atoms with E-state index in [0.717, 1.165) is 22.2 Å². The summed E-state index contributed by atoms with van der Waals surface area (Å²) in [6.07, 6.45) is 3.75. The molecule has 1 fully saturated rings. The molecule has 4 atom stereocenters. The van der Waals surface area contributed by atoms with E-state index in [-0.39, 0.29) is 11.8 Å². The van der Waals surface area contributed by atoms with Crippen LogP contribution in [0.3, 0.4) is 0 Å². The maximum absolute atomic E-state index is 14.0. The zero-order valence-corrected chi connectivity index (χ0v) is 19.4. The topological polar surface area (TPSA) is 98.6 Å². The van der Waals surface area contributed by atoms with Gasteiger partial charge in [-0.1, -0.05) is 30.3 Å². The molecule has 1 spiro atoms. The van der Waals surface area contributed by atoms with Crippen LogP contribution in [0.25, 0.3) is 5.69 Å². The Labute approximate surface area is 200 Å². The molecular formula is C26H24N4O5. The number of likely N-dealkylation sites (tertiary alicyclic amines) is 1. The van der Waals surface area contributed by atoms with Crippen molar-refractivity contribution in [3.05, 3.63) is 86.7 Å². The second-order valence-electron chi connectivity index (χ2n) is 9.82. The van der Waals surface area contributed by atoms with E-state index >= 15 is 0 Å². The van der Waals surface area contributed by atoms with Crippen LogP contribution >= 0.6 is 0 Å². The minimum atomic E-state index is -1.03. The number of hydrogen-bond acceptors (Lipinski definition) is 6. The number of carbonyl (C=O) groups is 1. The van der Waals surface area contributed by atoms with Gasteiger partial charge in [0.05, 0.1) is 18.2 Å². The number of aromatic nitrogens is 3. The predicted octanol–water partition coefficient (Wildman–Crippen LogP) is 1.13. The third-order valence-corrected chi connectivity index (χ3v) is 8.52. The van der Waals surface area contributed by atoms with Crippen LogP contribution in [0.15, 0.2) is 64.2 Å². The fourth-order valence-corrected chi connectivity index (χ4v) is 7.14. The number of methoxy groups -OCH3 is 1. The average Bonchev–Trinajstić information content (AvgIpc) is 3.38. The Kier molecular flexibility index (Phi) is 3.89. The van der Waals surface area contributed by atoms with E-state index in [2.05, 4.69) is 10.00 Å². The predicted molar refractivity (Wildman–Crippen MR) is 127 cm³/mol. The number of ether oxygens (including phenoxy) is 2. The second-order valence-corrected chi connectivity index (χ2v) is 9.82. The first kappa shape index (κ1) is 20.5. The molecule has 7 rings (SSSR count). The molecule has 3 aromatic rings. The summed E-state index contributed by atoms with van der Waals surface area (Å²) in [4.78, 5) is 42.8. The monoisotopic (exact) mass is 472 g/mol. The molecule has 9 heteroatoms. The molecule has 0 radical (unpaired) electrons. The largest absolute Gasteiger partial charge is 0.493 e. The van der Waals surface area contributed by atoms with E-state index in [1.54, 1.807) is 31.4 Å². The zero-order valence-electron chi connectivity index (χ0n) is 19.4. The number of benzene rings is 2. The van der Waals surface area contributed by atoms with Crippen molar-refractivity contribution in [2.75, 3.05) is 20.7 Å². The van der Waals surface area contributed by atoms with Gasteiger partial charge in [-0.2, -0.15) is 0 Å². The molecule has 2 bridgehead atoms. The van der Waals surface area contributed by atoms with Crippen molar-refractivity contribution in [2.45, 2.75) is 35.9 Å². The molecule has 1 aromatic heterocycles. The number of hydrogen-bond donors (Lipinski definition) is 1. The number of carbonyl (C=O) groups excluding carboxylic acids is 1. The Morgan fingerprint density at radius 1 is 1.11 bits per heavy atom. The van der Waals surface area contributed by atoms with Gasteiger partial charge in [-0.25, -0.2) is 23.9 Å². The summed E-state index contributed by atoms with van der Waals surface area (Å²) in [5, 5.41) is 2.87. The first-order valence-corrected chi connectivity index (χ1v) is 11.7. The number of para-hydroxylation sites is 1. The third-order valence-electron chi connectivity index (χ3n) is 8.52. The SMILES string of the molecule is COc1ccc2c3c1O[C@H]1C(=O)C=CC4(n5[nH]c(=O)n(-c6ccccc6)c5=O)C(C2)N(C)CCC314. The van der Waals surface area contributed by atoms with E-state index in [4.69, 9.17) is 9.47 Å². The minimum Gasteiger partial charge on any atom is -0.493 e. The number of nitrogens with one attached hydrogen (secondary N) is 1. The third kappa shape index (κ3) is 2.20. The van der Waals surface area contributed by atoms with Crippen molar-refractivity contribution in [1.29, 1.82) is 0 Å². The van der Waals surface area contributed by atoms with Gasteiger partial charge in [0.2, 0.25) is 0 Å². The van der Waals surface area contributed by atoms with E-state index in [1.165, 1.54) is 10.8 Å². The van der Waals surface area contributed by atoms with Crippen molar-refractivity contribution < 1.29 is 14.3 Å².